The van der Waals surface area contributed by atoms with Crippen molar-refractivity contribution in [3.63, 3.8) is 0 Å². The lowest BCUT2D eigenvalue weighted by Gasteiger charge is -2.18. The molecule has 0 aliphatic carbocycles. The van der Waals surface area contributed by atoms with Crippen molar-refractivity contribution in [2.45, 2.75) is 0 Å². The maximum Gasteiger partial charge on any atom is 0.247 e. The van der Waals surface area contributed by atoms with Gasteiger partial charge in [-0.25, -0.2) is 9.37 Å². The van der Waals surface area contributed by atoms with Crippen molar-refractivity contribution < 1.29 is 9.18 Å². The van der Waals surface area contributed by atoms with Crippen molar-refractivity contribution in [1.82, 2.24) is 19.7 Å². The van der Waals surface area contributed by atoms with Crippen LogP contribution in [0.3, 0.4) is 0 Å². The van der Waals surface area contributed by atoms with Crippen LogP contribution < -0.4 is 20.9 Å². The number of carbonyl (C=O) groups is 1. The van der Waals surface area contributed by atoms with E-state index in [0.29, 0.717) is 28.7 Å². The minimum Gasteiger partial charge on any atom is -0.377 e. The van der Waals surface area contributed by atoms with Crippen LogP contribution in [0, 0.1) is 5.82 Å². The Morgan fingerprint density at radius 1 is 1.14 bits per heavy atom. The first-order chi connectivity index (χ1) is 17.2. The summed E-state index contributed by atoms with van der Waals surface area (Å²) < 4.78 is 17.4. The molecular formula is C25H24BrFN8O. The summed E-state index contributed by atoms with van der Waals surface area (Å²) in [5.41, 5.74) is 3.68. The van der Waals surface area contributed by atoms with Crippen molar-refractivity contribution >= 4 is 56.4 Å². The Balaban J connectivity index is 1.78. The monoisotopic (exact) mass is 550 g/mol. The molecule has 0 atom stereocenters. The highest BCUT2D eigenvalue weighted by Gasteiger charge is 2.15. The van der Waals surface area contributed by atoms with E-state index in [0.717, 1.165) is 21.8 Å². The number of amides is 1. The summed E-state index contributed by atoms with van der Waals surface area (Å²) in [6.45, 7) is 3.44. The highest BCUT2D eigenvalue weighted by atomic mass is 79.9. The quantitative estimate of drug-likeness (QED) is 0.250. The average molecular weight is 551 g/mol. The summed E-state index contributed by atoms with van der Waals surface area (Å²) in [7, 11) is 5.69. The van der Waals surface area contributed by atoms with Gasteiger partial charge in [0.25, 0.3) is 0 Å². The van der Waals surface area contributed by atoms with Crippen molar-refractivity contribution in [2.75, 3.05) is 34.9 Å². The smallest absolute Gasteiger partial charge is 0.247 e. The Morgan fingerprint density at radius 3 is 2.64 bits per heavy atom. The summed E-state index contributed by atoms with van der Waals surface area (Å²) in [4.78, 5) is 22.8. The van der Waals surface area contributed by atoms with Crippen LogP contribution in [-0.2, 0) is 11.8 Å². The Morgan fingerprint density at radius 2 is 1.94 bits per heavy atom. The molecule has 3 N–H and O–H groups in total. The molecule has 0 saturated carbocycles. The number of nitrogens with zero attached hydrogens (tertiary/aromatic N) is 5. The number of hydrogen-bond acceptors (Lipinski definition) is 7. The lowest BCUT2D eigenvalue weighted by molar-refractivity contribution is -0.111. The Kier molecular flexibility index (Phi) is 7.30. The summed E-state index contributed by atoms with van der Waals surface area (Å²) >= 11 is 3.57. The van der Waals surface area contributed by atoms with E-state index in [2.05, 4.69) is 53.5 Å². The number of carbonyl (C=O) groups excluding carboxylic acids is 1. The third kappa shape index (κ3) is 5.69. The molecule has 2 heterocycles. The zero-order valence-corrected chi connectivity index (χ0v) is 21.5. The molecule has 0 radical (unpaired) electrons. The van der Waals surface area contributed by atoms with Crippen LogP contribution in [0.25, 0.3) is 11.1 Å². The van der Waals surface area contributed by atoms with Gasteiger partial charge in [-0.3, -0.25) is 9.48 Å². The zero-order valence-electron chi connectivity index (χ0n) is 19.9. The summed E-state index contributed by atoms with van der Waals surface area (Å²) in [6, 6.07) is 10.1. The maximum absolute atomic E-state index is 14.8. The van der Waals surface area contributed by atoms with Crippen LogP contribution in [0.2, 0.25) is 0 Å². The average Bonchev–Trinajstić information content (AvgIpc) is 3.26. The third-order valence-corrected chi connectivity index (χ3v) is 5.83. The molecular weight excluding hydrogens is 527 g/mol. The van der Waals surface area contributed by atoms with E-state index >= 15 is 0 Å². The van der Waals surface area contributed by atoms with Gasteiger partial charge in [0.05, 0.1) is 23.3 Å². The highest BCUT2D eigenvalue weighted by molar-refractivity contribution is 9.10. The van der Waals surface area contributed by atoms with Crippen LogP contribution in [0.1, 0.15) is 0 Å². The van der Waals surface area contributed by atoms with E-state index in [-0.39, 0.29) is 5.69 Å². The first kappa shape index (κ1) is 24.9. The van der Waals surface area contributed by atoms with Gasteiger partial charge >= 0.3 is 0 Å². The third-order valence-electron chi connectivity index (χ3n) is 5.16. The minimum absolute atomic E-state index is 0.133. The number of rotatable bonds is 8. The number of hydrogen-bond donors (Lipinski definition) is 3. The topological polar surface area (TPSA) is 100 Å². The van der Waals surface area contributed by atoms with Gasteiger partial charge in [-0.05, 0) is 57.9 Å². The first-order valence-corrected chi connectivity index (χ1v) is 11.6. The van der Waals surface area contributed by atoms with E-state index in [1.807, 2.05) is 37.2 Å². The second-order valence-electron chi connectivity index (χ2n) is 8.06. The largest absolute Gasteiger partial charge is 0.377 e. The lowest BCUT2D eigenvalue weighted by atomic mass is 10.1. The first-order valence-electron chi connectivity index (χ1n) is 10.8. The molecule has 11 heteroatoms. The Hall–Kier alpha value is -4.25. The van der Waals surface area contributed by atoms with Gasteiger partial charge in [-0.15, -0.1) is 0 Å². The number of aryl methyl sites for hydroxylation is 1. The van der Waals surface area contributed by atoms with E-state index < -0.39 is 11.7 Å². The van der Waals surface area contributed by atoms with Crippen LogP contribution in [0.4, 0.5) is 38.9 Å². The lowest BCUT2D eigenvalue weighted by Crippen LogP contribution is -2.10. The number of anilines is 6. The van der Waals surface area contributed by atoms with Gasteiger partial charge in [-0.2, -0.15) is 10.1 Å². The molecule has 9 nitrogen and oxygen atoms in total. The molecule has 184 valence electrons. The second kappa shape index (κ2) is 10.6. The van der Waals surface area contributed by atoms with Crippen molar-refractivity contribution in [3.8, 4) is 11.1 Å². The van der Waals surface area contributed by atoms with E-state index in [1.165, 1.54) is 18.2 Å². The Bertz CT molecular complexity index is 1440. The molecule has 0 aliphatic rings. The fourth-order valence-corrected chi connectivity index (χ4v) is 4.01. The molecule has 4 aromatic rings. The zero-order chi connectivity index (χ0) is 25.8. The SMILES string of the molecule is C=CC(=O)Nc1ccc(F)c(Nc2nc(Nc3cnn(C)c3)ncc2-c2ccc(Br)c(N(C)C)c2)c1. The second-order valence-corrected chi connectivity index (χ2v) is 8.91. The standard InChI is InChI=1S/C25H24BrFN8O/c1-5-23(36)30-16-7-9-20(27)21(11-16)32-24-18(15-6-8-19(26)22(10-15)34(2)3)13-28-25(33-24)31-17-12-29-35(4)14-17/h5-14H,1H2,2-4H3,(H,30,36)(H2,28,31,32,33). The molecule has 0 aliphatic heterocycles. The number of halogens is 2. The van der Waals surface area contributed by atoms with Gasteiger partial charge in [0.2, 0.25) is 11.9 Å². The van der Waals surface area contributed by atoms with Gasteiger partial charge in [0.15, 0.2) is 0 Å². The van der Waals surface area contributed by atoms with Gasteiger partial charge in [-0.1, -0.05) is 12.6 Å². The Labute approximate surface area is 216 Å². The summed E-state index contributed by atoms with van der Waals surface area (Å²) in [5, 5.41) is 13.0. The summed E-state index contributed by atoms with van der Waals surface area (Å²) in [6.07, 6.45) is 6.24. The van der Waals surface area contributed by atoms with E-state index in [9.17, 15) is 9.18 Å². The molecule has 1 amide bonds. The molecule has 0 spiro atoms. The molecule has 36 heavy (non-hydrogen) atoms. The molecule has 4 rings (SSSR count). The van der Waals surface area contributed by atoms with Crippen LogP contribution >= 0.6 is 15.9 Å². The predicted molar refractivity (Wildman–Crippen MR) is 144 cm³/mol. The van der Waals surface area contributed by atoms with E-state index in [4.69, 9.17) is 0 Å². The normalized spacial score (nSPS) is 10.6. The molecule has 2 aromatic carbocycles. The van der Waals surface area contributed by atoms with Crippen molar-refractivity contribution in [1.29, 1.82) is 0 Å². The van der Waals surface area contributed by atoms with Crippen LogP contribution in [0.5, 0.6) is 0 Å². The fraction of sp³-hybridized carbons (Fsp3) is 0.120. The summed E-state index contributed by atoms with van der Waals surface area (Å²) in [5.74, 6) is -0.239. The predicted octanol–water partition coefficient (Wildman–Crippen LogP) is 5.46. The van der Waals surface area contributed by atoms with Crippen LogP contribution in [-0.4, -0.2) is 39.8 Å². The molecule has 0 fully saturated rings. The number of nitrogens with one attached hydrogen (secondary N) is 3. The number of aromatic nitrogens is 4. The van der Waals surface area contributed by atoms with Crippen LogP contribution in [0.15, 0.2) is 72.1 Å². The molecule has 0 bridgehead atoms. The van der Waals surface area contributed by atoms with Crippen molar-refractivity contribution in [3.05, 3.63) is 77.9 Å². The minimum atomic E-state index is -0.511. The molecule has 0 saturated heterocycles. The van der Waals surface area contributed by atoms with Gasteiger partial charge in [0.1, 0.15) is 11.6 Å². The highest BCUT2D eigenvalue weighted by Crippen LogP contribution is 2.35. The molecule has 0 unspecified atom stereocenters. The maximum atomic E-state index is 14.8. The van der Waals surface area contributed by atoms with Crippen molar-refractivity contribution in [2.24, 2.45) is 7.05 Å². The van der Waals surface area contributed by atoms with Gasteiger partial charge in [0, 0.05) is 49.3 Å². The fourth-order valence-electron chi connectivity index (χ4n) is 3.41. The molecule has 2 aromatic heterocycles. The van der Waals surface area contributed by atoms with Gasteiger partial charge < -0.3 is 20.9 Å². The van der Waals surface area contributed by atoms with E-state index in [1.54, 1.807) is 30.3 Å². The number of benzene rings is 2.